The normalized spacial score (nSPS) is 13.0. The summed E-state index contributed by atoms with van der Waals surface area (Å²) in [6.45, 7) is 8.69. The number of methoxy groups -OCH3 is 1. The van der Waals surface area contributed by atoms with E-state index in [9.17, 15) is 0 Å². The highest BCUT2D eigenvalue weighted by molar-refractivity contribution is 5.41. The number of nitrogens with two attached hydrogens (primary N) is 1. The van der Waals surface area contributed by atoms with Crippen molar-refractivity contribution in [3.05, 3.63) is 64.7 Å². The maximum Gasteiger partial charge on any atom is 0.121 e. The molecule has 2 nitrogen and oxygen atoms in total. The SMILES string of the molecule is COc1ccc(C(N)c2ccc(C(C)(C)C)cc2)cc1C. The first-order chi connectivity index (χ1) is 9.82. The second kappa shape index (κ2) is 5.90. The third-order valence-electron chi connectivity index (χ3n) is 3.91. The summed E-state index contributed by atoms with van der Waals surface area (Å²) in [5, 5.41) is 0. The Morgan fingerprint density at radius 3 is 2.00 bits per heavy atom. The zero-order valence-corrected chi connectivity index (χ0v) is 13.6. The molecule has 0 saturated heterocycles. The minimum absolute atomic E-state index is 0.108. The van der Waals surface area contributed by atoms with Crippen LogP contribution in [0.25, 0.3) is 0 Å². The molecule has 0 heterocycles. The van der Waals surface area contributed by atoms with Crippen molar-refractivity contribution in [3.8, 4) is 5.75 Å². The third-order valence-corrected chi connectivity index (χ3v) is 3.91. The Bertz CT molecular complexity index is 608. The number of benzene rings is 2. The lowest BCUT2D eigenvalue weighted by atomic mass is 9.86. The summed E-state index contributed by atoms with van der Waals surface area (Å²) in [7, 11) is 1.69. The summed E-state index contributed by atoms with van der Waals surface area (Å²) in [5.41, 5.74) is 11.2. The van der Waals surface area contributed by atoms with Crippen molar-refractivity contribution < 1.29 is 4.74 Å². The average Bonchev–Trinajstić information content (AvgIpc) is 2.45. The van der Waals surface area contributed by atoms with E-state index < -0.39 is 0 Å². The zero-order valence-electron chi connectivity index (χ0n) is 13.6. The van der Waals surface area contributed by atoms with Gasteiger partial charge in [0.2, 0.25) is 0 Å². The summed E-state index contributed by atoms with van der Waals surface area (Å²) in [5.74, 6) is 0.897. The molecule has 1 unspecified atom stereocenters. The number of rotatable bonds is 3. The fourth-order valence-corrected chi connectivity index (χ4v) is 2.48. The van der Waals surface area contributed by atoms with Crippen LogP contribution in [0, 0.1) is 6.92 Å². The van der Waals surface area contributed by atoms with Crippen molar-refractivity contribution in [1.29, 1.82) is 0 Å². The van der Waals surface area contributed by atoms with Crippen LogP contribution >= 0.6 is 0 Å². The lowest BCUT2D eigenvalue weighted by Crippen LogP contribution is -2.14. The Morgan fingerprint density at radius 1 is 0.952 bits per heavy atom. The Kier molecular flexibility index (Phi) is 4.38. The standard InChI is InChI=1S/C19H25NO/c1-13-12-15(8-11-17(13)21-5)18(20)14-6-9-16(10-7-14)19(2,3)4/h6-12,18H,20H2,1-5H3. The van der Waals surface area contributed by atoms with Crippen LogP contribution in [0.4, 0.5) is 0 Å². The smallest absolute Gasteiger partial charge is 0.121 e. The Hall–Kier alpha value is -1.80. The lowest BCUT2D eigenvalue weighted by molar-refractivity contribution is 0.411. The van der Waals surface area contributed by atoms with Gasteiger partial charge in [-0.1, -0.05) is 57.2 Å². The van der Waals surface area contributed by atoms with Crippen molar-refractivity contribution in [1.82, 2.24) is 0 Å². The van der Waals surface area contributed by atoms with Gasteiger partial charge in [-0.25, -0.2) is 0 Å². The first kappa shape index (κ1) is 15.6. The fourth-order valence-electron chi connectivity index (χ4n) is 2.48. The zero-order chi connectivity index (χ0) is 15.6. The van der Waals surface area contributed by atoms with E-state index in [4.69, 9.17) is 10.5 Å². The molecule has 2 aromatic carbocycles. The van der Waals surface area contributed by atoms with Gasteiger partial charge in [-0.15, -0.1) is 0 Å². The van der Waals surface area contributed by atoms with Gasteiger partial charge in [-0.05, 0) is 40.7 Å². The largest absolute Gasteiger partial charge is 0.496 e. The van der Waals surface area contributed by atoms with Crippen LogP contribution < -0.4 is 10.5 Å². The van der Waals surface area contributed by atoms with Gasteiger partial charge in [-0.2, -0.15) is 0 Å². The highest BCUT2D eigenvalue weighted by Gasteiger charge is 2.15. The van der Waals surface area contributed by atoms with E-state index in [1.54, 1.807) is 7.11 Å². The van der Waals surface area contributed by atoms with Crippen LogP contribution in [0.15, 0.2) is 42.5 Å². The first-order valence-electron chi connectivity index (χ1n) is 7.33. The molecule has 0 saturated carbocycles. The van der Waals surface area contributed by atoms with Crippen LogP contribution in [0.1, 0.15) is 49.1 Å². The van der Waals surface area contributed by atoms with Gasteiger partial charge in [-0.3, -0.25) is 0 Å². The van der Waals surface area contributed by atoms with Gasteiger partial charge in [0.05, 0.1) is 13.2 Å². The molecule has 21 heavy (non-hydrogen) atoms. The molecule has 0 amide bonds. The van der Waals surface area contributed by atoms with Crippen LogP contribution in [-0.2, 0) is 5.41 Å². The molecule has 0 bridgehead atoms. The molecule has 0 aliphatic rings. The summed E-state index contributed by atoms with van der Waals surface area (Å²) >= 11 is 0. The molecule has 0 aromatic heterocycles. The van der Waals surface area contributed by atoms with E-state index in [1.807, 2.05) is 19.1 Å². The average molecular weight is 283 g/mol. The highest BCUT2D eigenvalue weighted by atomic mass is 16.5. The Morgan fingerprint density at radius 2 is 1.52 bits per heavy atom. The molecule has 2 aromatic rings. The van der Waals surface area contributed by atoms with Gasteiger partial charge in [0.15, 0.2) is 0 Å². The summed E-state index contributed by atoms with van der Waals surface area (Å²) in [6, 6.07) is 14.6. The predicted octanol–water partition coefficient (Wildman–Crippen LogP) is 4.35. The van der Waals surface area contributed by atoms with E-state index in [0.717, 1.165) is 22.4 Å². The quantitative estimate of drug-likeness (QED) is 0.909. The summed E-state index contributed by atoms with van der Waals surface area (Å²) in [6.07, 6.45) is 0. The van der Waals surface area contributed by atoms with Crippen molar-refractivity contribution in [2.24, 2.45) is 5.73 Å². The Balaban J connectivity index is 2.27. The maximum absolute atomic E-state index is 6.40. The monoisotopic (exact) mass is 283 g/mol. The number of ether oxygens (including phenoxy) is 1. The van der Waals surface area contributed by atoms with Crippen molar-refractivity contribution in [3.63, 3.8) is 0 Å². The Labute approximate surface area is 127 Å². The molecule has 2 rings (SSSR count). The van der Waals surface area contributed by atoms with Crippen molar-refractivity contribution in [2.45, 2.75) is 39.2 Å². The van der Waals surface area contributed by atoms with Gasteiger partial charge in [0.1, 0.15) is 5.75 Å². The van der Waals surface area contributed by atoms with Crippen LogP contribution in [0.5, 0.6) is 5.75 Å². The summed E-state index contributed by atoms with van der Waals surface area (Å²) in [4.78, 5) is 0. The van der Waals surface area contributed by atoms with Crippen LogP contribution in [0.2, 0.25) is 0 Å². The highest BCUT2D eigenvalue weighted by Crippen LogP contribution is 2.27. The molecular formula is C19H25NO. The molecule has 1 atom stereocenters. The third kappa shape index (κ3) is 3.45. The fraction of sp³-hybridized carbons (Fsp3) is 0.368. The minimum Gasteiger partial charge on any atom is -0.496 e. The van der Waals surface area contributed by atoms with Gasteiger partial charge < -0.3 is 10.5 Å². The molecule has 0 spiro atoms. The first-order valence-corrected chi connectivity index (χ1v) is 7.33. The van der Waals surface area contributed by atoms with E-state index in [1.165, 1.54) is 5.56 Å². The van der Waals surface area contributed by atoms with E-state index in [2.05, 4.69) is 51.1 Å². The molecule has 0 fully saturated rings. The van der Waals surface area contributed by atoms with E-state index in [-0.39, 0.29) is 11.5 Å². The number of hydrogen-bond acceptors (Lipinski definition) is 2. The molecule has 112 valence electrons. The van der Waals surface area contributed by atoms with Crippen molar-refractivity contribution >= 4 is 0 Å². The summed E-state index contributed by atoms with van der Waals surface area (Å²) < 4.78 is 5.30. The predicted molar refractivity (Wildman–Crippen MR) is 88.9 cm³/mol. The molecule has 0 aliphatic carbocycles. The number of aryl methyl sites for hydroxylation is 1. The molecule has 0 aliphatic heterocycles. The van der Waals surface area contributed by atoms with Crippen molar-refractivity contribution in [2.75, 3.05) is 7.11 Å². The number of hydrogen-bond donors (Lipinski definition) is 1. The topological polar surface area (TPSA) is 35.2 Å². The van der Waals surface area contributed by atoms with Crippen LogP contribution in [-0.4, -0.2) is 7.11 Å². The van der Waals surface area contributed by atoms with Gasteiger partial charge in [0.25, 0.3) is 0 Å². The molecular weight excluding hydrogens is 258 g/mol. The second-order valence-corrected chi connectivity index (χ2v) is 6.58. The lowest BCUT2D eigenvalue weighted by Gasteiger charge is -2.20. The molecule has 2 N–H and O–H groups in total. The molecule has 2 heteroatoms. The van der Waals surface area contributed by atoms with Gasteiger partial charge >= 0.3 is 0 Å². The second-order valence-electron chi connectivity index (χ2n) is 6.58. The molecule has 0 radical (unpaired) electrons. The van der Waals surface area contributed by atoms with Gasteiger partial charge in [0, 0.05) is 0 Å². The maximum atomic E-state index is 6.40. The van der Waals surface area contributed by atoms with Crippen LogP contribution in [0.3, 0.4) is 0 Å². The minimum atomic E-state index is -0.108. The van der Waals surface area contributed by atoms with E-state index >= 15 is 0 Å². The van der Waals surface area contributed by atoms with E-state index in [0.29, 0.717) is 0 Å².